The van der Waals surface area contributed by atoms with Gasteiger partial charge in [0.05, 0.1) is 6.20 Å². The van der Waals surface area contributed by atoms with Crippen LogP contribution in [0.15, 0.2) is 66.2 Å². The number of nitrogens with zero attached hydrogens (tertiary/aromatic N) is 2. The first-order chi connectivity index (χ1) is 11.8. The Bertz CT molecular complexity index is 748. The van der Waals surface area contributed by atoms with Crippen LogP contribution >= 0.6 is 0 Å². The number of hydrogen-bond donors (Lipinski definition) is 1. The van der Waals surface area contributed by atoms with E-state index in [1.807, 2.05) is 17.9 Å². The van der Waals surface area contributed by atoms with Gasteiger partial charge in [0.1, 0.15) is 0 Å². The number of aromatic nitrogens is 2. The number of aryl methyl sites for hydroxylation is 1. The maximum atomic E-state index is 4.30. The molecule has 0 radical (unpaired) electrons. The highest BCUT2D eigenvalue weighted by atomic mass is 15.2. The topological polar surface area (TPSA) is 29.9 Å². The smallest absolute Gasteiger partial charge is 0.0564 e. The van der Waals surface area contributed by atoms with E-state index in [2.05, 4.69) is 59.1 Å². The summed E-state index contributed by atoms with van der Waals surface area (Å²) in [6, 6.07) is 0.596. The van der Waals surface area contributed by atoms with Gasteiger partial charge in [0, 0.05) is 36.5 Å². The van der Waals surface area contributed by atoms with Gasteiger partial charge in [-0.1, -0.05) is 36.5 Å². The van der Waals surface area contributed by atoms with Crippen molar-refractivity contribution in [3.05, 3.63) is 71.8 Å². The molecule has 3 aliphatic rings. The van der Waals surface area contributed by atoms with Crippen LogP contribution in [0.25, 0.3) is 5.57 Å². The Hall–Kier alpha value is -2.29. The van der Waals surface area contributed by atoms with Gasteiger partial charge in [-0.15, -0.1) is 0 Å². The summed E-state index contributed by atoms with van der Waals surface area (Å²) in [6.45, 7) is 0. The lowest BCUT2D eigenvalue weighted by molar-refractivity contribution is 0.510. The number of rotatable bonds is 3. The van der Waals surface area contributed by atoms with E-state index < -0.39 is 0 Å². The van der Waals surface area contributed by atoms with Crippen LogP contribution in [0.1, 0.15) is 37.7 Å². The van der Waals surface area contributed by atoms with E-state index in [1.165, 1.54) is 48.1 Å². The van der Waals surface area contributed by atoms with Gasteiger partial charge in [-0.2, -0.15) is 5.10 Å². The lowest BCUT2D eigenvalue weighted by atomic mass is 9.82. The molecule has 124 valence electrons. The van der Waals surface area contributed by atoms with E-state index >= 15 is 0 Å². The lowest BCUT2D eigenvalue weighted by Crippen LogP contribution is -2.28. The second kappa shape index (κ2) is 6.68. The van der Waals surface area contributed by atoms with Gasteiger partial charge in [0.2, 0.25) is 0 Å². The molecule has 0 fully saturated rings. The van der Waals surface area contributed by atoms with Gasteiger partial charge in [-0.25, -0.2) is 0 Å². The van der Waals surface area contributed by atoms with Crippen LogP contribution in [0.2, 0.25) is 0 Å². The first-order valence-corrected chi connectivity index (χ1v) is 8.99. The fraction of sp³-hybridized carbons (Fsp3) is 0.381. The Balaban J connectivity index is 1.47. The van der Waals surface area contributed by atoms with Gasteiger partial charge in [-0.3, -0.25) is 4.68 Å². The largest absolute Gasteiger partial charge is 0.383 e. The van der Waals surface area contributed by atoms with Crippen LogP contribution in [-0.4, -0.2) is 15.8 Å². The van der Waals surface area contributed by atoms with Crippen molar-refractivity contribution < 1.29 is 0 Å². The van der Waals surface area contributed by atoms with E-state index in [0.29, 0.717) is 12.0 Å². The van der Waals surface area contributed by atoms with Gasteiger partial charge in [-0.05, 0) is 49.3 Å². The maximum Gasteiger partial charge on any atom is 0.0564 e. The van der Waals surface area contributed by atoms with Crippen LogP contribution in [0.3, 0.4) is 0 Å². The van der Waals surface area contributed by atoms with Gasteiger partial charge in [0.25, 0.3) is 0 Å². The number of allylic oxidation sites excluding steroid dienone is 9. The van der Waals surface area contributed by atoms with Crippen molar-refractivity contribution >= 4 is 5.57 Å². The molecule has 3 heteroatoms. The van der Waals surface area contributed by atoms with E-state index in [4.69, 9.17) is 0 Å². The zero-order valence-corrected chi connectivity index (χ0v) is 14.3. The normalized spacial score (nSPS) is 23.9. The van der Waals surface area contributed by atoms with Crippen molar-refractivity contribution in [3.8, 4) is 0 Å². The van der Waals surface area contributed by atoms with E-state index in [-0.39, 0.29) is 0 Å². The van der Waals surface area contributed by atoms with Crippen LogP contribution in [0, 0.1) is 5.92 Å². The standard InChI is InChI=1S/C21H25N3/c1-24-15-19(14-22-24)17-9-8-16-10-11-21(13-18(16)12-17)23-20-6-4-2-3-5-7-20/h2-3,8-11,13-15,18,20,23H,4-7,12H2,1H3. The molecule has 4 rings (SSSR count). The van der Waals surface area contributed by atoms with Crippen molar-refractivity contribution in [3.63, 3.8) is 0 Å². The van der Waals surface area contributed by atoms with E-state index in [0.717, 1.165) is 6.42 Å². The Morgan fingerprint density at radius 2 is 1.96 bits per heavy atom. The Labute approximate surface area is 144 Å². The zero-order chi connectivity index (χ0) is 16.4. The monoisotopic (exact) mass is 319 g/mol. The first-order valence-electron chi connectivity index (χ1n) is 8.99. The molecule has 3 nitrogen and oxygen atoms in total. The molecule has 0 bridgehead atoms. The molecular formula is C21H25N3. The highest BCUT2D eigenvalue weighted by Crippen LogP contribution is 2.35. The molecule has 1 N–H and O–H groups in total. The van der Waals surface area contributed by atoms with Crippen LogP contribution < -0.4 is 5.32 Å². The number of nitrogens with one attached hydrogen (secondary N) is 1. The quantitative estimate of drug-likeness (QED) is 0.842. The summed E-state index contributed by atoms with van der Waals surface area (Å²) in [4.78, 5) is 0. The molecule has 0 saturated heterocycles. The van der Waals surface area contributed by atoms with Crippen LogP contribution in [0.5, 0.6) is 0 Å². The predicted octanol–water partition coefficient (Wildman–Crippen LogP) is 4.29. The van der Waals surface area contributed by atoms with Crippen LogP contribution in [-0.2, 0) is 7.05 Å². The van der Waals surface area contributed by atoms with Gasteiger partial charge < -0.3 is 5.32 Å². The van der Waals surface area contributed by atoms with Crippen molar-refractivity contribution in [1.82, 2.24) is 15.1 Å². The van der Waals surface area contributed by atoms with Gasteiger partial charge in [0.15, 0.2) is 0 Å². The van der Waals surface area contributed by atoms with Crippen molar-refractivity contribution in [2.24, 2.45) is 13.0 Å². The third-order valence-electron chi connectivity index (χ3n) is 5.16. The SMILES string of the molecule is Cn1cc(C2=CC=C3C=CC(NC4CCC=CCC4)=CC3C2)cn1. The van der Waals surface area contributed by atoms with Crippen LogP contribution in [0.4, 0.5) is 0 Å². The summed E-state index contributed by atoms with van der Waals surface area (Å²) in [5.41, 5.74) is 5.31. The van der Waals surface area contributed by atoms with Gasteiger partial charge >= 0.3 is 0 Å². The number of hydrogen-bond acceptors (Lipinski definition) is 2. The third kappa shape index (κ3) is 3.30. The van der Waals surface area contributed by atoms with E-state index in [1.54, 1.807) is 0 Å². The molecule has 0 amide bonds. The zero-order valence-electron chi connectivity index (χ0n) is 14.3. The maximum absolute atomic E-state index is 4.30. The molecule has 0 aliphatic heterocycles. The molecule has 1 aromatic rings. The van der Waals surface area contributed by atoms with Crippen molar-refractivity contribution in [2.45, 2.75) is 38.1 Å². The first kappa shape index (κ1) is 15.3. The molecule has 0 spiro atoms. The fourth-order valence-electron chi connectivity index (χ4n) is 3.79. The molecule has 1 unspecified atom stereocenters. The summed E-state index contributed by atoms with van der Waals surface area (Å²) in [7, 11) is 1.97. The Morgan fingerprint density at radius 3 is 2.71 bits per heavy atom. The minimum absolute atomic E-state index is 0.474. The van der Waals surface area contributed by atoms with Crippen molar-refractivity contribution in [2.75, 3.05) is 0 Å². The molecule has 1 atom stereocenters. The average Bonchev–Trinajstić information content (AvgIpc) is 2.87. The third-order valence-corrected chi connectivity index (χ3v) is 5.16. The van der Waals surface area contributed by atoms with E-state index in [9.17, 15) is 0 Å². The molecule has 0 saturated carbocycles. The second-order valence-corrected chi connectivity index (χ2v) is 6.99. The molecular weight excluding hydrogens is 294 g/mol. The molecule has 3 aliphatic carbocycles. The highest BCUT2D eigenvalue weighted by Gasteiger charge is 2.21. The summed E-state index contributed by atoms with van der Waals surface area (Å²) in [5, 5.41) is 8.07. The average molecular weight is 319 g/mol. The second-order valence-electron chi connectivity index (χ2n) is 6.99. The summed E-state index contributed by atoms with van der Waals surface area (Å²) in [5.74, 6) is 0.474. The summed E-state index contributed by atoms with van der Waals surface area (Å²) >= 11 is 0. The molecule has 24 heavy (non-hydrogen) atoms. The summed E-state index contributed by atoms with van der Waals surface area (Å²) < 4.78 is 1.87. The molecule has 1 heterocycles. The Morgan fingerprint density at radius 1 is 1.12 bits per heavy atom. The molecule has 0 aromatic carbocycles. The van der Waals surface area contributed by atoms with Crippen molar-refractivity contribution in [1.29, 1.82) is 0 Å². The predicted molar refractivity (Wildman–Crippen MR) is 99.1 cm³/mol. The Kier molecular flexibility index (Phi) is 4.24. The minimum atomic E-state index is 0.474. The molecule has 1 aromatic heterocycles. The fourth-order valence-corrected chi connectivity index (χ4v) is 3.79. The number of fused-ring (bicyclic) bond motifs is 1. The minimum Gasteiger partial charge on any atom is -0.383 e. The lowest BCUT2D eigenvalue weighted by Gasteiger charge is -2.26. The highest BCUT2D eigenvalue weighted by molar-refractivity contribution is 5.69. The summed E-state index contributed by atoms with van der Waals surface area (Å²) in [6.07, 6.45) is 26.0.